The zero-order chi connectivity index (χ0) is 24.4. The van der Waals surface area contributed by atoms with Gasteiger partial charge in [-0.1, -0.05) is 35.6 Å². The molecule has 1 aliphatic rings. The van der Waals surface area contributed by atoms with E-state index in [1.807, 2.05) is 45.3 Å². The Balaban J connectivity index is 2.19. The first-order chi connectivity index (χ1) is 15.6. The molecule has 176 valence electrons. The van der Waals surface area contributed by atoms with Gasteiger partial charge in [0.2, 0.25) is 5.78 Å². The van der Waals surface area contributed by atoms with Crippen LogP contribution < -0.4 is 10.0 Å². The van der Waals surface area contributed by atoms with Crippen LogP contribution in [0.3, 0.4) is 0 Å². The number of carbonyl (C=O) groups excluding carboxylic acids is 3. The number of amides is 1. The Hall–Kier alpha value is -3.39. The van der Waals surface area contributed by atoms with Gasteiger partial charge in [-0.15, -0.1) is 0 Å². The van der Waals surface area contributed by atoms with Crippen molar-refractivity contribution in [2.45, 2.75) is 33.7 Å². The Morgan fingerprint density at radius 3 is 2.36 bits per heavy atom. The van der Waals surface area contributed by atoms with E-state index in [2.05, 4.69) is 4.98 Å². The van der Waals surface area contributed by atoms with Gasteiger partial charge in [0.15, 0.2) is 0 Å². The van der Waals surface area contributed by atoms with Gasteiger partial charge in [-0.05, 0) is 44.4 Å². The predicted octanol–water partition coefficient (Wildman–Crippen LogP) is 0.485. The van der Waals surface area contributed by atoms with Crippen LogP contribution in [-0.2, 0) is 14.3 Å². The molecule has 1 aliphatic heterocycles. The highest BCUT2D eigenvalue weighted by molar-refractivity contribution is 6.46. The fraction of sp³-hybridized carbons (Fsp3) is 0.400. The highest BCUT2D eigenvalue weighted by Gasteiger charge is 2.44. The molecule has 1 amide bonds. The van der Waals surface area contributed by atoms with Crippen molar-refractivity contribution in [2.75, 3.05) is 33.8 Å². The number of esters is 1. The minimum atomic E-state index is -0.794. The van der Waals surface area contributed by atoms with E-state index in [9.17, 15) is 19.5 Å². The molecule has 0 radical (unpaired) electrons. The summed E-state index contributed by atoms with van der Waals surface area (Å²) in [5, 5.41) is 13.8. The smallest absolute Gasteiger partial charge is 0.355 e. The van der Waals surface area contributed by atoms with Crippen LogP contribution in [0.2, 0.25) is 0 Å². The Kier molecular flexibility index (Phi) is 7.07. The van der Waals surface area contributed by atoms with Crippen molar-refractivity contribution in [3.05, 3.63) is 63.5 Å². The van der Waals surface area contributed by atoms with Crippen molar-refractivity contribution < 1.29 is 29.1 Å². The first-order valence-corrected chi connectivity index (χ1v) is 11.1. The number of likely N-dealkylation sites (N-methyl/N-ethyl adjacent to an activating group) is 1. The lowest BCUT2D eigenvalue weighted by Gasteiger charge is -2.28. The van der Waals surface area contributed by atoms with Crippen LogP contribution in [0.1, 0.15) is 51.4 Å². The molecule has 2 N–H and O–H groups in total. The monoisotopic (exact) mass is 453 g/mol. The second kappa shape index (κ2) is 9.62. The zero-order valence-electron chi connectivity index (χ0n) is 20.0. The quantitative estimate of drug-likeness (QED) is 0.275. The van der Waals surface area contributed by atoms with E-state index in [0.29, 0.717) is 29.9 Å². The van der Waals surface area contributed by atoms with E-state index in [1.165, 1.54) is 4.90 Å². The average Bonchev–Trinajstić information content (AvgIpc) is 3.19. The van der Waals surface area contributed by atoms with Crippen molar-refractivity contribution in [1.82, 2.24) is 9.88 Å². The minimum Gasteiger partial charge on any atom is -0.872 e. The van der Waals surface area contributed by atoms with Crippen molar-refractivity contribution in [2.24, 2.45) is 0 Å². The number of hydrogen-bond acceptors (Lipinski definition) is 5. The molecule has 1 unspecified atom stereocenters. The summed E-state index contributed by atoms with van der Waals surface area (Å²) in [6.45, 7) is 8.10. The molecule has 0 bridgehead atoms. The van der Waals surface area contributed by atoms with Crippen LogP contribution in [0.5, 0.6) is 0 Å². The number of benzene rings is 1. The van der Waals surface area contributed by atoms with Crippen molar-refractivity contribution >= 4 is 23.4 Å². The zero-order valence-corrected chi connectivity index (χ0v) is 20.0. The summed E-state index contributed by atoms with van der Waals surface area (Å²) in [5.74, 6) is -2.58. The lowest BCUT2D eigenvalue weighted by atomic mass is 9.93. The number of carbonyl (C=O) groups is 3. The van der Waals surface area contributed by atoms with E-state index in [4.69, 9.17) is 4.74 Å². The number of Topliss-reactive ketones (excluding diaryl/α,β-unsaturated/α-hetero) is 1. The number of ketones is 1. The molecule has 1 saturated heterocycles. The highest BCUT2D eigenvalue weighted by Crippen LogP contribution is 2.39. The summed E-state index contributed by atoms with van der Waals surface area (Å²) in [6.07, 6.45) is 0. The molecule has 1 aromatic carbocycles. The minimum absolute atomic E-state index is 0.0850. The normalized spacial score (nSPS) is 17.8. The molecule has 1 atom stereocenters. The number of likely N-dealkylation sites (tertiary alicyclic amines) is 1. The Bertz CT molecular complexity index is 1110. The van der Waals surface area contributed by atoms with Gasteiger partial charge in [0.05, 0.1) is 39.8 Å². The maximum atomic E-state index is 13.8. The molecule has 8 nitrogen and oxygen atoms in total. The molecule has 1 fully saturated rings. The number of aryl methyl sites for hydroxylation is 2. The molecule has 33 heavy (non-hydrogen) atoms. The van der Waals surface area contributed by atoms with Gasteiger partial charge in [0, 0.05) is 11.3 Å². The van der Waals surface area contributed by atoms with Crippen molar-refractivity contribution in [1.29, 1.82) is 0 Å². The van der Waals surface area contributed by atoms with E-state index in [1.54, 1.807) is 20.8 Å². The predicted molar refractivity (Wildman–Crippen MR) is 121 cm³/mol. The summed E-state index contributed by atoms with van der Waals surface area (Å²) < 4.78 is 5.07. The Morgan fingerprint density at radius 2 is 1.79 bits per heavy atom. The van der Waals surface area contributed by atoms with Crippen LogP contribution in [0, 0.1) is 20.8 Å². The molecule has 1 aromatic heterocycles. The number of hydrogen-bond donors (Lipinski definition) is 2. The SMILES string of the molecule is CCOC(=O)c1[nH]c(C)c(/C([O-])=C2\C(=O)C(=O)N(CC[NH+](C)C)C2c2ccc(C)cc2)c1C. The third kappa shape index (κ3) is 4.57. The lowest BCUT2D eigenvalue weighted by Crippen LogP contribution is -3.06. The van der Waals surface area contributed by atoms with Crippen LogP contribution >= 0.6 is 0 Å². The number of aromatic amines is 1. The Labute approximate surface area is 193 Å². The summed E-state index contributed by atoms with van der Waals surface area (Å²) in [5.41, 5.74) is 2.91. The number of H-pyrrole nitrogens is 1. The van der Waals surface area contributed by atoms with Crippen LogP contribution in [0.4, 0.5) is 0 Å². The Morgan fingerprint density at radius 1 is 1.15 bits per heavy atom. The van der Waals surface area contributed by atoms with Crippen LogP contribution in [-0.4, -0.2) is 61.3 Å². The number of rotatable bonds is 7. The third-order valence-corrected chi connectivity index (χ3v) is 5.92. The molecular formula is C25H31N3O5. The standard InChI is InChI=1S/C25H31N3O5/c1-7-33-25(32)20-15(3)18(16(4)26-20)22(29)19-21(17-10-8-14(2)9-11-17)28(13-12-27(5)6)24(31)23(19)30/h8-11,21,26,29H,7,12-13H2,1-6H3/b22-19+. The van der Waals surface area contributed by atoms with Crippen LogP contribution in [0.15, 0.2) is 29.8 Å². The van der Waals surface area contributed by atoms with Gasteiger partial charge in [0.1, 0.15) is 5.69 Å². The lowest BCUT2D eigenvalue weighted by molar-refractivity contribution is -0.857. The molecule has 0 saturated carbocycles. The fourth-order valence-corrected chi connectivity index (χ4v) is 4.17. The third-order valence-electron chi connectivity index (χ3n) is 5.92. The van der Waals surface area contributed by atoms with Crippen molar-refractivity contribution in [3.63, 3.8) is 0 Å². The number of nitrogens with zero attached hydrogens (tertiary/aromatic N) is 1. The van der Waals surface area contributed by atoms with Gasteiger partial charge < -0.3 is 24.6 Å². The summed E-state index contributed by atoms with van der Waals surface area (Å²) in [4.78, 5) is 44.0. The summed E-state index contributed by atoms with van der Waals surface area (Å²) in [6, 6.07) is 6.69. The van der Waals surface area contributed by atoms with E-state index < -0.39 is 29.5 Å². The fourth-order valence-electron chi connectivity index (χ4n) is 4.17. The average molecular weight is 454 g/mol. The van der Waals surface area contributed by atoms with E-state index in [0.717, 1.165) is 10.5 Å². The number of ether oxygens (including phenoxy) is 1. The number of aromatic nitrogens is 1. The van der Waals surface area contributed by atoms with Crippen LogP contribution in [0.25, 0.3) is 5.76 Å². The van der Waals surface area contributed by atoms with Gasteiger partial charge in [-0.3, -0.25) is 9.59 Å². The molecule has 0 aliphatic carbocycles. The molecule has 0 spiro atoms. The summed E-state index contributed by atoms with van der Waals surface area (Å²) >= 11 is 0. The second-order valence-corrected chi connectivity index (χ2v) is 8.69. The maximum Gasteiger partial charge on any atom is 0.355 e. The molecule has 8 heteroatoms. The highest BCUT2D eigenvalue weighted by atomic mass is 16.5. The van der Waals surface area contributed by atoms with Crippen molar-refractivity contribution in [3.8, 4) is 0 Å². The largest absolute Gasteiger partial charge is 0.872 e. The molecular weight excluding hydrogens is 422 g/mol. The first kappa shape index (κ1) is 24.3. The van der Waals surface area contributed by atoms with Gasteiger partial charge in [-0.25, -0.2) is 4.79 Å². The number of quaternary nitrogens is 1. The topological polar surface area (TPSA) is 107 Å². The van der Waals surface area contributed by atoms with Gasteiger partial charge in [0.25, 0.3) is 5.91 Å². The number of nitrogens with one attached hydrogen (secondary N) is 2. The van der Waals surface area contributed by atoms with Gasteiger partial charge >= 0.3 is 5.97 Å². The van der Waals surface area contributed by atoms with Gasteiger partial charge in [-0.2, -0.15) is 0 Å². The summed E-state index contributed by atoms with van der Waals surface area (Å²) in [7, 11) is 3.92. The van der Waals surface area contributed by atoms with E-state index >= 15 is 0 Å². The molecule has 2 heterocycles. The first-order valence-electron chi connectivity index (χ1n) is 11.1. The molecule has 3 rings (SSSR count). The molecule has 2 aromatic rings. The second-order valence-electron chi connectivity index (χ2n) is 8.69. The maximum absolute atomic E-state index is 13.8. The van der Waals surface area contributed by atoms with E-state index in [-0.39, 0.29) is 23.4 Å².